The number of rotatable bonds is 8. The van der Waals surface area contributed by atoms with Crippen molar-refractivity contribution in [2.24, 2.45) is 0 Å². The molecule has 2 amide bonds. The summed E-state index contributed by atoms with van der Waals surface area (Å²) in [6.07, 6.45) is 4.43. The van der Waals surface area contributed by atoms with Crippen LogP contribution >= 0.6 is 11.6 Å². The van der Waals surface area contributed by atoms with Crippen LogP contribution in [0.5, 0.6) is 0 Å². The van der Waals surface area contributed by atoms with Crippen LogP contribution in [0.1, 0.15) is 26.7 Å². The van der Waals surface area contributed by atoms with Gasteiger partial charge in [0, 0.05) is 23.7 Å². The maximum Gasteiger partial charge on any atom is 0.273 e. The fourth-order valence-electron chi connectivity index (χ4n) is 2.06. The second-order valence-electron chi connectivity index (χ2n) is 5.11. The quantitative estimate of drug-likeness (QED) is 0.735. The Morgan fingerprint density at radius 1 is 1.24 bits per heavy atom. The number of carbonyl (C=O) groups is 2. The molecule has 1 N–H and O–H groups in total. The fraction of sp³-hybridized carbons (Fsp3) is 0.167. The van der Waals surface area contributed by atoms with E-state index in [1.165, 1.54) is 11.2 Å². The highest BCUT2D eigenvalue weighted by atomic mass is 35.5. The first-order valence-electron chi connectivity index (χ1n) is 7.54. The van der Waals surface area contributed by atoms with Gasteiger partial charge in [-0.3, -0.25) is 9.59 Å². The number of amides is 2. The smallest absolute Gasteiger partial charge is 0.273 e. The zero-order chi connectivity index (χ0) is 18.2. The lowest BCUT2D eigenvalue weighted by molar-refractivity contribution is 0.0749. The molecule has 6 nitrogen and oxygen atoms in total. The Kier molecular flexibility index (Phi) is 6.54. The molecule has 0 saturated carbocycles. The minimum Gasteiger partial charge on any atom is -0.446 e. The van der Waals surface area contributed by atoms with Crippen LogP contribution in [0.15, 0.2) is 60.3 Å². The molecule has 0 bridgehead atoms. The summed E-state index contributed by atoms with van der Waals surface area (Å²) in [5.41, 5.74) is 0.635. The second kappa shape index (κ2) is 8.84. The van der Waals surface area contributed by atoms with Crippen LogP contribution in [-0.4, -0.2) is 34.8 Å². The van der Waals surface area contributed by atoms with Crippen molar-refractivity contribution in [1.29, 1.82) is 0 Å². The Hall–Kier alpha value is -2.86. The van der Waals surface area contributed by atoms with Gasteiger partial charge in [-0.1, -0.05) is 23.8 Å². The number of nitrogens with one attached hydrogen (secondary N) is 1. The van der Waals surface area contributed by atoms with Crippen molar-refractivity contribution in [2.45, 2.75) is 6.54 Å². The first kappa shape index (κ1) is 18.5. The van der Waals surface area contributed by atoms with Crippen molar-refractivity contribution >= 4 is 23.4 Å². The molecule has 1 heterocycles. The van der Waals surface area contributed by atoms with Crippen LogP contribution in [0.2, 0.25) is 5.02 Å². The third kappa shape index (κ3) is 5.06. The predicted octanol–water partition coefficient (Wildman–Crippen LogP) is 3.07. The average Bonchev–Trinajstić information content (AvgIpc) is 3.08. The zero-order valence-electron chi connectivity index (χ0n) is 13.6. The minimum atomic E-state index is -0.366. The van der Waals surface area contributed by atoms with Crippen molar-refractivity contribution in [3.05, 3.63) is 78.0 Å². The molecule has 7 heteroatoms. The van der Waals surface area contributed by atoms with E-state index in [4.69, 9.17) is 16.0 Å². The summed E-state index contributed by atoms with van der Waals surface area (Å²) in [5, 5.41) is 3.16. The van der Waals surface area contributed by atoms with Gasteiger partial charge in [0.25, 0.3) is 11.8 Å². The minimum absolute atomic E-state index is 0.113. The largest absolute Gasteiger partial charge is 0.446 e. The number of oxazole rings is 1. The van der Waals surface area contributed by atoms with Gasteiger partial charge in [0.2, 0.25) is 5.89 Å². The summed E-state index contributed by atoms with van der Waals surface area (Å²) >= 11 is 5.85. The van der Waals surface area contributed by atoms with E-state index in [1.807, 2.05) is 0 Å². The molecule has 0 spiro atoms. The lowest BCUT2D eigenvalue weighted by Crippen LogP contribution is -2.31. The van der Waals surface area contributed by atoms with Gasteiger partial charge in [-0.05, 0) is 24.3 Å². The van der Waals surface area contributed by atoms with E-state index in [9.17, 15) is 9.59 Å². The van der Waals surface area contributed by atoms with E-state index in [0.29, 0.717) is 23.7 Å². The third-order valence-electron chi connectivity index (χ3n) is 3.25. The van der Waals surface area contributed by atoms with Crippen LogP contribution < -0.4 is 5.32 Å². The Labute approximate surface area is 150 Å². The molecule has 0 aliphatic heterocycles. The molecule has 1 aromatic carbocycles. The molecule has 0 atom stereocenters. The highest BCUT2D eigenvalue weighted by molar-refractivity contribution is 6.30. The summed E-state index contributed by atoms with van der Waals surface area (Å²) < 4.78 is 5.30. The Morgan fingerprint density at radius 2 is 1.96 bits per heavy atom. The number of halogens is 1. The van der Waals surface area contributed by atoms with Crippen LogP contribution in [-0.2, 0) is 6.54 Å². The second-order valence-corrected chi connectivity index (χ2v) is 5.54. The molecule has 130 valence electrons. The van der Waals surface area contributed by atoms with E-state index < -0.39 is 0 Å². The van der Waals surface area contributed by atoms with Gasteiger partial charge in [0.05, 0.1) is 6.54 Å². The lowest BCUT2D eigenvalue weighted by atomic mass is 10.2. The number of aromatic nitrogens is 1. The standard InChI is InChI=1S/C18H18ClN3O3/c1-3-9-20-17(23)15-12-25-16(21-15)11-22(10-4-2)18(24)13-5-7-14(19)8-6-13/h3-8,12H,1-2,9-11H2,(H,20,23). The van der Waals surface area contributed by atoms with Gasteiger partial charge >= 0.3 is 0 Å². The molecule has 0 fully saturated rings. The van der Waals surface area contributed by atoms with Crippen LogP contribution in [0, 0.1) is 0 Å². The number of carbonyl (C=O) groups excluding carboxylic acids is 2. The van der Waals surface area contributed by atoms with Crippen LogP contribution in [0.3, 0.4) is 0 Å². The van der Waals surface area contributed by atoms with Crippen molar-refractivity contribution in [3.8, 4) is 0 Å². The Morgan fingerprint density at radius 3 is 2.60 bits per heavy atom. The predicted molar refractivity (Wildman–Crippen MR) is 95.4 cm³/mol. The van der Waals surface area contributed by atoms with Crippen molar-refractivity contribution in [1.82, 2.24) is 15.2 Å². The van der Waals surface area contributed by atoms with Gasteiger partial charge < -0.3 is 14.6 Å². The third-order valence-corrected chi connectivity index (χ3v) is 3.50. The van der Waals surface area contributed by atoms with Crippen molar-refractivity contribution in [3.63, 3.8) is 0 Å². The van der Waals surface area contributed by atoms with E-state index in [2.05, 4.69) is 23.5 Å². The highest BCUT2D eigenvalue weighted by Gasteiger charge is 2.19. The number of benzene rings is 1. The van der Waals surface area contributed by atoms with Gasteiger partial charge in [0.1, 0.15) is 6.26 Å². The zero-order valence-corrected chi connectivity index (χ0v) is 14.3. The molecule has 0 aliphatic carbocycles. The van der Waals surface area contributed by atoms with Gasteiger partial charge in [0.15, 0.2) is 5.69 Å². The Bertz CT molecular complexity index is 768. The monoisotopic (exact) mass is 359 g/mol. The van der Waals surface area contributed by atoms with Crippen molar-refractivity contribution < 1.29 is 14.0 Å². The van der Waals surface area contributed by atoms with E-state index in [1.54, 1.807) is 36.4 Å². The molecule has 25 heavy (non-hydrogen) atoms. The van der Waals surface area contributed by atoms with Crippen LogP contribution in [0.4, 0.5) is 0 Å². The SMILES string of the molecule is C=CCNC(=O)c1coc(CN(CC=C)C(=O)c2ccc(Cl)cc2)n1. The molecule has 0 unspecified atom stereocenters. The van der Waals surface area contributed by atoms with Crippen molar-refractivity contribution in [2.75, 3.05) is 13.1 Å². The summed E-state index contributed by atoms with van der Waals surface area (Å²) in [5.74, 6) is -0.324. The molecule has 1 aromatic heterocycles. The summed E-state index contributed by atoms with van der Waals surface area (Å²) in [7, 11) is 0. The number of nitrogens with zero attached hydrogens (tertiary/aromatic N) is 2. The molecule has 2 aromatic rings. The summed E-state index contributed by atoms with van der Waals surface area (Å²) in [6.45, 7) is 7.94. The Balaban J connectivity index is 2.11. The highest BCUT2D eigenvalue weighted by Crippen LogP contribution is 2.14. The first-order valence-corrected chi connectivity index (χ1v) is 7.92. The first-order chi connectivity index (χ1) is 12.0. The van der Waals surface area contributed by atoms with Crippen LogP contribution in [0.25, 0.3) is 0 Å². The number of hydrogen-bond donors (Lipinski definition) is 1. The maximum absolute atomic E-state index is 12.6. The molecule has 0 aliphatic rings. The molecular formula is C18H18ClN3O3. The molecule has 0 saturated heterocycles. The number of hydrogen-bond acceptors (Lipinski definition) is 4. The van der Waals surface area contributed by atoms with E-state index >= 15 is 0 Å². The van der Waals surface area contributed by atoms with E-state index in [-0.39, 0.29) is 29.9 Å². The topological polar surface area (TPSA) is 75.4 Å². The molecular weight excluding hydrogens is 342 g/mol. The van der Waals surface area contributed by atoms with E-state index in [0.717, 1.165) is 0 Å². The summed E-state index contributed by atoms with van der Waals surface area (Å²) in [4.78, 5) is 30.1. The molecule has 0 radical (unpaired) electrons. The lowest BCUT2D eigenvalue weighted by Gasteiger charge is -2.19. The molecule has 2 rings (SSSR count). The summed E-state index contributed by atoms with van der Waals surface area (Å²) in [6, 6.07) is 6.58. The normalized spacial score (nSPS) is 10.1. The van der Waals surface area contributed by atoms with Gasteiger partial charge in [-0.2, -0.15) is 0 Å². The van der Waals surface area contributed by atoms with Gasteiger partial charge in [-0.25, -0.2) is 4.98 Å². The maximum atomic E-state index is 12.6. The average molecular weight is 360 g/mol. The fourth-order valence-corrected chi connectivity index (χ4v) is 2.18. The van der Waals surface area contributed by atoms with Gasteiger partial charge in [-0.15, -0.1) is 13.2 Å².